The van der Waals surface area contributed by atoms with Gasteiger partial charge in [-0.2, -0.15) is 17.0 Å². The van der Waals surface area contributed by atoms with Gasteiger partial charge in [0.15, 0.2) is 0 Å². The van der Waals surface area contributed by atoms with Crippen molar-refractivity contribution in [2.24, 2.45) is 0 Å². The Morgan fingerprint density at radius 3 is 2.29 bits per heavy atom. The Hall–Kier alpha value is -1.11. The molecule has 0 spiro atoms. The molecule has 0 radical (unpaired) electrons. The van der Waals surface area contributed by atoms with Crippen LogP contribution in [0, 0.1) is 0 Å². The topological polar surface area (TPSA) is 49.9 Å². The lowest BCUT2D eigenvalue weighted by molar-refractivity contribution is 0.387. The minimum absolute atomic E-state index is 0.282. The summed E-state index contributed by atoms with van der Waals surface area (Å²) in [5.74, 6) is 0.688. The van der Waals surface area contributed by atoms with Crippen LogP contribution in [0.3, 0.4) is 0 Å². The Morgan fingerprint density at radius 2 is 1.76 bits per heavy atom. The van der Waals surface area contributed by atoms with E-state index in [1.54, 1.807) is 14.2 Å². The first-order valence-electron chi connectivity index (χ1n) is 5.15. The number of para-hydroxylation sites is 1. The molecule has 0 heterocycles. The molecule has 0 N–H and O–H groups in total. The molecule has 0 amide bonds. The van der Waals surface area contributed by atoms with Crippen LogP contribution >= 0.6 is 0 Å². The molecule has 1 aromatic rings. The number of methoxy groups -OCH3 is 1. The molecule has 0 aliphatic rings. The fourth-order valence-electron chi connectivity index (χ4n) is 1.43. The van der Waals surface area contributed by atoms with Gasteiger partial charge in [-0.05, 0) is 6.07 Å². The van der Waals surface area contributed by atoms with Crippen LogP contribution in [0.5, 0.6) is 5.75 Å². The zero-order valence-corrected chi connectivity index (χ0v) is 11.4. The van der Waals surface area contributed by atoms with Gasteiger partial charge >= 0.3 is 0 Å². The quantitative estimate of drug-likeness (QED) is 0.789. The first-order valence-corrected chi connectivity index (χ1v) is 6.55. The molecule has 0 bridgehead atoms. The van der Waals surface area contributed by atoms with Gasteiger partial charge in [-0.25, -0.2) is 0 Å². The van der Waals surface area contributed by atoms with Crippen molar-refractivity contribution < 1.29 is 13.2 Å². The van der Waals surface area contributed by atoms with Crippen molar-refractivity contribution in [2.75, 3.05) is 28.3 Å². The lowest BCUT2D eigenvalue weighted by atomic mass is 10.2. The zero-order chi connectivity index (χ0) is 13.1. The average Bonchev–Trinajstić information content (AvgIpc) is 2.29. The van der Waals surface area contributed by atoms with Gasteiger partial charge in [-0.1, -0.05) is 18.2 Å². The van der Waals surface area contributed by atoms with Crippen molar-refractivity contribution >= 4 is 10.2 Å². The normalized spacial score (nSPS) is 12.1. The van der Waals surface area contributed by atoms with Crippen molar-refractivity contribution in [1.82, 2.24) is 8.61 Å². The fraction of sp³-hybridized carbons (Fsp3) is 0.455. The van der Waals surface area contributed by atoms with Gasteiger partial charge in [-0.3, -0.25) is 0 Å². The number of benzene rings is 1. The van der Waals surface area contributed by atoms with Crippen LogP contribution < -0.4 is 4.74 Å². The summed E-state index contributed by atoms with van der Waals surface area (Å²) < 4.78 is 31.3. The van der Waals surface area contributed by atoms with E-state index in [2.05, 4.69) is 0 Å². The van der Waals surface area contributed by atoms with Gasteiger partial charge in [-0.15, -0.1) is 0 Å². The van der Waals surface area contributed by atoms with Crippen molar-refractivity contribution in [3.63, 3.8) is 0 Å². The van der Waals surface area contributed by atoms with E-state index in [1.807, 2.05) is 24.3 Å². The summed E-state index contributed by atoms with van der Waals surface area (Å²) in [5.41, 5.74) is 0.836. The van der Waals surface area contributed by atoms with Crippen molar-refractivity contribution in [1.29, 1.82) is 0 Å². The molecule has 0 aromatic heterocycles. The van der Waals surface area contributed by atoms with Gasteiger partial charge in [0.25, 0.3) is 10.2 Å². The molecular formula is C11H18N2O3S. The molecule has 0 unspecified atom stereocenters. The zero-order valence-electron chi connectivity index (χ0n) is 10.5. The smallest absolute Gasteiger partial charge is 0.281 e. The van der Waals surface area contributed by atoms with Crippen LogP contribution in [0.15, 0.2) is 24.3 Å². The van der Waals surface area contributed by atoms with E-state index < -0.39 is 10.2 Å². The molecule has 17 heavy (non-hydrogen) atoms. The summed E-state index contributed by atoms with van der Waals surface area (Å²) in [6.07, 6.45) is 0. The Balaban J connectivity index is 2.92. The van der Waals surface area contributed by atoms with Gasteiger partial charge in [0.1, 0.15) is 5.75 Å². The Morgan fingerprint density at radius 1 is 1.18 bits per heavy atom. The van der Waals surface area contributed by atoms with Crippen LogP contribution in [-0.2, 0) is 16.8 Å². The van der Waals surface area contributed by atoms with Crippen LogP contribution in [-0.4, -0.2) is 45.3 Å². The Labute approximate surface area is 103 Å². The van der Waals surface area contributed by atoms with E-state index >= 15 is 0 Å². The van der Waals surface area contributed by atoms with E-state index in [9.17, 15) is 8.42 Å². The maximum absolute atomic E-state index is 11.8. The largest absolute Gasteiger partial charge is 0.496 e. The summed E-state index contributed by atoms with van der Waals surface area (Å²) >= 11 is 0. The summed E-state index contributed by atoms with van der Waals surface area (Å²) in [6, 6.07) is 7.36. The predicted molar refractivity (Wildman–Crippen MR) is 67.1 cm³/mol. The summed E-state index contributed by atoms with van der Waals surface area (Å²) in [4.78, 5) is 0. The molecule has 0 aliphatic carbocycles. The molecular weight excluding hydrogens is 240 g/mol. The second-order valence-electron chi connectivity index (χ2n) is 3.86. The Kier molecular flexibility index (Phi) is 4.50. The number of nitrogens with zero attached hydrogens (tertiary/aromatic N) is 2. The maximum atomic E-state index is 11.8. The first-order chi connectivity index (χ1) is 7.89. The summed E-state index contributed by atoms with van der Waals surface area (Å²) in [7, 11) is 2.74. The molecule has 0 fully saturated rings. The second-order valence-corrected chi connectivity index (χ2v) is 6.11. The Bertz CT molecular complexity index is 471. The highest BCUT2D eigenvalue weighted by molar-refractivity contribution is 7.86. The van der Waals surface area contributed by atoms with Gasteiger partial charge in [0.2, 0.25) is 0 Å². The number of rotatable bonds is 5. The molecule has 5 nitrogen and oxygen atoms in total. The van der Waals surface area contributed by atoms with Gasteiger partial charge in [0, 0.05) is 33.3 Å². The minimum atomic E-state index is -3.39. The third-order valence-electron chi connectivity index (χ3n) is 2.44. The molecule has 1 aromatic carbocycles. The summed E-state index contributed by atoms with van der Waals surface area (Å²) in [5, 5.41) is 0. The molecule has 6 heteroatoms. The van der Waals surface area contributed by atoms with E-state index in [0.29, 0.717) is 5.75 Å². The van der Waals surface area contributed by atoms with Crippen LogP contribution in [0.2, 0.25) is 0 Å². The van der Waals surface area contributed by atoms with E-state index in [0.717, 1.165) is 5.56 Å². The standard InChI is InChI=1S/C11H18N2O3S/c1-12(2)17(14,15)13(3)9-10-7-5-6-8-11(10)16-4/h5-8H,9H2,1-4H3. The first kappa shape index (κ1) is 14.0. The highest BCUT2D eigenvalue weighted by Gasteiger charge is 2.21. The molecule has 96 valence electrons. The maximum Gasteiger partial charge on any atom is 0.281 e. The summed E-state index contributed by atoms with van der Waals surface area (Å²) in [6.45, 7) is 0.282. The van der Waals surface area contributed by atoms with Crippen molar-refractivity contribution in [2.45, 2.75) is 6.54 Å². The minimum Gasteiger partial charge on any atom is -0.496 e. The van der Waals surface area contributed by atoms with Crippen molar-refractivity contribution in [3.05, 3.63) is 29.8 Å². The fourth-order valence-corrected chi connectivity index (χ4v) is 2.29. The third-order valence-corrected chi connectivity index (χ3v) is 4.28. The molecule has 0 aliphatic heterocycles. The molecule has 1 rings (SSSR count). The third kappa shape index (κ3) is 3.18. The second kappa shape index (κ2) is 5.48. The van der Waals surface area contributed by atoms with Crippen molar-refractivity contribution in [3.8, 4) is 5.75 Å². The van der Waals surface area contributed by atoms with Crippen LogP contribution in [0.4, 0.5) is 0 Å². The SMILES string of the molecule is COc1ccccc1CN(C)S(=O)(=O)N(C)C. The monoisotopic (exact) mass is 258 g/mol. The lowest BCUT2D eigenvalue weighted by Gasteiger charge is -2.22. The molecule has 0 saturated carbocycles. The van der Waals surface area contributed by atoms with Gasteiger partial charge < -0.3 is 4.74 Å². The van der Waals surface area contributed by atoms with E-state index in [1.165, 1.54) is 22.7 Å². The number of ether oxygens (including phenoxy) is 1. The van der Waals surface area contributed by atoms with E-state index in [4.69, 9.17) is 4.74 Å². The highest BCUT2D eigenvalue weighted by atomic mass is 32.2. The van der Waals surface area contributed by atoms with Crippen LogP contribution in [0.1, 0.15) is 5.56 Å². The average molecular weight is 258 g/mol. The number of hydrogen-bond donors (Lipinski definition) is 0. The lowest BCUT2D eigenvalue weighted by Crippen LogP contribution is -2.36. The van der Waals surface area contributed by atoms with E-state index in [-0.39, 0.29) is 6.54 Å². The predicted octanol–water partition coefficient (Wildman–Crippen LogP) is 0.933. The van der Waals surface area contributed by atoms with Gasteiger partial charge in [0.05, 0.1) is 7.11 Å². The van der Waals surface area contributed by atoms with Crippen LogP contribution in [0.25, 0.3) is 0 Å². The molecule has 0 atom stereocenters. The number of hydrogen-bond acceptors (Lipinski definition) is 3. The molecule has 0 saturated heterocycles. The highest BCUT2D eigenvalue weighted by Crippen LogP contribution is 2.20.